The van der Waals surface area contributed by atoms with Crippen molar-refractivity contribution in [1.29, 1.82) is 0 Å². The summed E-state index contributed by atoms with van der Waals surface area (Å²) in [5.41, 5.74) is 4.53. The molecular weight excluding hydrogens is 356 g/mol. The summed E-state index contributed by atoms with van der Waals surface area (Å²) in [6.07, 6.45) is 7.48. The van der Waals surface area contributed by atoms with Gasteiger partial charge in [-0.1, -0.05) is 39.5 Å². The number of nitrogens with one attached hydrogen (secondary N) is 2. The monoisotopic (exact) mass is 390 g/mol. The van der Waals surface area contributed by atoms with Crippen LogP contribution in [0.25, 0.3) is 22.6 Å². The second-order valence-corrected chi connectivity index (χ2v) is 7.59. The van der Waals surface area contributed by atoms with Crippen LogP contribution < -0.4 is 10.6 Å². The number of hydrogen-bond acceptors (Lipinski definition) is 3. The van der Waals surface area contributed by atoms with Crippen LogP contribution in [-0.2, 0) is 0 Å². The third kappa shape index (κ3) is 6.42. The first-order valence-electron chi connectivity index (χ1n) is 11.1. The summed E-state index contributed by atoms with van der Waals surface area (Å²) in [6.45, 7) is 6.52. The van der Waals surface area contributed by atoms with E-state index in [1.165, 1.54) is 49.9 Å². The Kier molecular flexibility index (Phi) is 8.24. The predicted molar refractivity (Wildman–Crippen MR) is 126 cm³/mol. The average molecular weight is 391 g/mol. The van der Waals surface area contributed by atoms with E-state index in [9.17, 15) is 0 Å². The smallest absolute Gasteiger partial charge is 0.134 e. The van der Waals surface area contributed by atoms with Gasteiger partial charge in [-0.2, -0.15) is 0 Å². The van der Waals surface area contributed by atoms with Crippen molar-refractivity contribution in [2.24, 2.45) is 0 Å². The van der Waals surface area contributed by atoms with Crippen LogP contribution in [0.3, 0.4) is 0 Å². The molecule has 1 heterocycles. The molecule has 1 aromatic heterocycles. The Balaban J connectivity index is 1.57. The Labute approximate surface area is 175 Å². The maximum atomic E-state index is 6.12. The lowest BCUT2D eigenvalue weighted by Gasteiger charge is -2.07. The van der Waals surface area contributed by atoms with E-state index >= 15 is 0 Å². The van der Waals surface area contributed by atoms with Gasteiger partial charge in [-0.25, -0.2) is 0 Å². The molecule has 3 nitrogen and oxygen atoms in total. The van der Waals surface area contributed by atoms with Gasteiger partial charge in [0.1, 0.15) is 11.5 Å². The van der Waals surface area contributed by atoms with Crippen molar-refractivity contribution in [3.05, 3.63) is 60.7 Å². The summed E-state index contributed by atoms with van der Waals surface area (Å²) in [4.78, 5) is 0. The van der Waals surface area contributed by atoms with Crippen molar-refractivity contribution < 1.29 is 4.42 Å². The van der Waals surface area contributed by atoms with Gasteiger partial charge in [0.05, 0.1) is 0 Å². The molecule has 3 rings (SSSR count). The van der Waals surface area contributed by atoms with Crippen LogP contribution in [0.1, 0.15) is 52.4 Å². The molecule has 0 aliphatic rings. The van der Waals surface area contributed by atoms with Crippen LogP contribution >= 0.6 is 0 Å². The van der Waals surface area contributed by atoms with Crippen LogP contribution in [0.2, 0.25) is 0 Å². The fraction of sp³-hybridized carbons (Fsp3) is 0.385. The van der Waals surface area contributed by atoms with Crippen molar-refractivity contribution in [2.45, 2.75) is 52.4 Å². The zero-order valence-electron chi connectivity index (χ0n) is 17.8. The molecule has 0 saturated carbocycles. The molecule has 3 heteroatoms. The van der Waals surface area contributed by atoms with Crippen LogP contribution in [0, 0.1) is 0 Å². The Morgan fingerprint density at radius 2 is 0.966 bits per heavy atom. The lowest BCUT2D eigenvalue weighted by Crippen LogP contribution is -2.00. The highest BCUT2D eigenvalue weighted by atomic mass is 16.3. The highest BCUT2D eigenvalue weighted by Crippen LogP contribution is 2.30. The van der Waals surface area contributed by atoms with E-state index in [-0.39, 0.29) is 0 Å². The molecule has 0 aliphatic carbocycles. The summed E-state index contributed by atoms with van der Waals surface area (Å²) in [7, 11) is 0. The highest BCUT2D eigenvalue weighted by molar-refractivity contribution is 5.67. The van der Waals surface area contributed by atoms with E-state index in [0.717, 1.165) is 35.7 Å². The van der Waals surface area contributed by atoms with E-state index in [1.807, 2.05) is 0 Å². The fourth-order valence-electron chi connectivity index (χ4n) is 3.37. The lowest BCUT2D eigenvalue weighted by molar-refractivity contribution is 0.597. The summed E-state index contributed by atoms with van der Waals surface area (Å²) in [5.74, 6) is 1.80. The minimum atomic E-state index is 0.902. The van der Waals surface area contributed by atoms with Crippen molar-refractivity contribution in [3.63, 3.8) is 0 Å². The summed E-state index contributed by atoms with van der Waals surface area (Å²) < 4.78 is 6.12. The summed E-state index contributed by atoms with van der Waals surface area (Å²) in [6, 6.07) is 21.1. The molecule has 0 aliphatic heterocycles. The van der Waals surface area contributed by atoms with Crippen molar-refractivity contribution in [1.82, 2.24) is 0 Å². The maximum absolute atomic E-state index is 6.12. The minimum absolute atomic E-state index is 0.902. The van der Waals surface area contributed by atoms with Gasteiger partial charge < -0.3 is 15.1 Å². The molecular formula is C26H34N2O. The molecule has 29 heavy (non-hydrogen) atoms. The fourth-order valence-corrected chi connectivity index (χ4v) is 3.37. The molecule has 0 unspecified atom stereocenters. The predicted octanol–water partition coefficient (Wildman–Crippen LogP) is 7.82. The third-order valence-corrected chi connectivity index (χ3v) is 5.16. The minimum Gasteiger partial charge on any atom is -0.456 e. The van der Waals surface area contributed by atoms with Crippen molar-refractivity contribution >= 4 is 11.4 Å². The molecule has 0 bridgehead atoms. The topological polar surface area (TPSA) is 37.2 Å². The van der Waals surface area contributed by atoms with Gasteiger partial charge >= 0.3 is 0 Å². The molecule has 0 saturated heterocycles. The number of benzene rings is 2. The van der Waals surface area contributed by atoms with E-state index in [2.05, 4.69) is 85.1 Å². The molecule has 0 spiro atoms. The van der Waals surface area contributed by atoms with Gasteiger partial charge in [-0.3, -0.25) is 0 Å². The van der Waals surface area contributed by atoms with Crippen LogP contribution in [0.15, 0.2) is 65.1 Å². The number of hydrogen-bond donors (Lipinski definition) is 2. The van der Waals surface area contributed by atoms with Gasteiger partial charge in [-0.15, -0.1) is 0 Å². The lowest BCUT2D eigenvalue weighted by atomic mass is 10.1. The molecule has 2 N–H and O–H groups in total. The van der Waals surface area contributed by atoms with E-state index in [0.29, 0.717) is 0 Å². The zero-order valence-corrected chi connectivity index (χ0v) is 17.8. The second kappa shape index (κ2) is 11.4. The molecule has 0 fully saturated rings. The summed E-state index contributed by atoms with van der Waals surface area (Å²) >= 11 is 0. The quantitative estimate of drug-likeness (QED) is 0.310. The SMILES string of the molecule is CCCCCNc1ccc(-c2ccc(-c3ccc(NCCCCC)cc3)o2)cc1. The number of rotatable bonds is 12. The molecule has 154 valence electrons. The van der Waals surface area contributed by atoms with Crippen LogP contribution in [-0.4, -0.2) is 13.1 Å². The Hall–Kier alpha value is -2.68. The Morgan fingerprint density at radius 3 is 1.34 bits per heavy atom. The van der Waals surface area contributed by atoms with Gasteiger partial charge in [-0.05, 0) is 73.5 Å². The number of anilines is 2. The van der Waals surface area contributed by atoms with E-state index in [4.69, 9.17) is 4.42 Å². The maximum Gasteiger partial charge on any atom is 0.134 e. The van der Waals surface area contributed by atoms with Gasteiger partial charge in [0.2, 0.25) is 0 Å². The van der Waals surface area contributed by atoms with Gasteiger partial charge in [0.25, 0.3) is 0 Å². The molecule has 0 radical (unpaired) electrons. The molecule has 3 aromatic rings. The number of furan rings is 1. The zero-order chi connectivity index (χ0) is 20.3. The van der Waals surface area contributed by atoms with Crippen molar-refractivity contribution in [3.8, 4) is 22.6 Å². The first-order valence-corrected chi connectivity index (χ1v) is 11.1. The van der Waals surface area contributed by atoms with Crippen molar-refractivity contribution in [2.75, 3.05) is 23.7 Å². The van der Waals surface area contributed by atoms with E-state index < -0.39 is 0 Å². The third-order valence-electron chi connectivity index (χ3n) is 5.16. The largest absolute Gasteiger partial charge is 0.456 e. The van der Waals surface area contributed by atoms with E-state index in [1.54, 1.807) is 0 Å². The molecule has 0 atom stereocenters. The number of unbranched alkanes of at least 4 members (excludes halogenated alkanes) is 4. The highest BCUT2D eigenvalue weighted by Gasteiger charge is 2.07. The first kappa shape index (κ1) is 21.0. The molecule has 0 amide bonds. The van der Waals surface area contributed by atoms with Gasteiger partial charge in [0, 0.05) is 35.6 Å². The normalized spacial score (nSPS) is 10.8. The van der Waals surface area contributed by atoms with Crippen LogP contribution in [0.5, 0.6) is 0 Å². The van der Waals surface area contributed by atoms with Crippen LogP contribution in [0.4, 0.5) is 11.4 Å². The average Bonchev–Trinajstić information content (AvgIpc) is 3.25. The second-order valence-electron chi connectivity index (χ2n) is 7.59. The Morgan fingerprint density at radius 1 is 0.552 bits per heavy atom. The van der Waals surface area contributed by atoms with Gasteiger partial charge in [0.15, 0.2) is 0 Å². The standard InChI is InChI=1S/C26H34N2O/c1-3-5-7-19-27-23-13-9-21(10-14-23)25-17-18-26(29-25)22-11-15-24(16-12-22)28-20-8-6-4-2/h9-18,27-28H,3-8,19-20H2,1-2H3. The summed E-state index contributed by atoms with van der Waals surface area (Å²) in [5, 5.41) is 6.96. The first-order chi connectivity index (χ1) is 14.3. The Bertz CT molecular complexity index is 764. The molecule has 2 aromatic carbocycles.